The second-order valence-corrected chi connectivity index (χ2v) is 6.91. The Morgan fingerprint density at radius 3 is 2.72 bits per heavy atom. The molecule has 7 nitrogen and oxygen atoms in total. The summed E-state index contributed by atoms with van der Waals surface area (Å²) in [5.74, 6) is -1.88. The van der Waals surface area contributed by atoms with Crippen molar-refractivity contribution in [3.8, 4) is 6.07 Å². The number of carboxylic acid groups (broad SMARTS) is 1. The van der Waals surface area contributed by atoms with E-state index in [1.807, 2.05) is 0 Å². The predicted octanol–water partition coefficient (Wildman–Crippen LogP) is -0.735. The van der Waals surface area contributed by atoms with Crippen LogP contribution in [0.25, 0.3) is 0 Å². The highest BCUT2D eigenvalue weighted by atomic mass is 32.2. The first-order valence-corrected chi connectivity index (χ1v) is 6.66. The number of amides is 1. The van der Waals surface area contributed by atoms with Crippen LogP contribution in [0.2, 0.25) is 0 Å². The minimum Gasteiger partial charge on any atom is -0.480 e. The van der Waals surface area contributed by atoms with Crippen molar-refractivity contribution in [2.45, 2.75) is 29.5 Å². The Morgan fingerprint density at radius 1 is 1.67 bits per heavy atom. The maximum Gasteiger partial charge on any atom is 0.328 e. The van der Waals surface area contributed by atoms with Crippen LogP contribution in [0, 0.1) is 11.3 Å². The van der Waals surface area contributed by atoms with Gasteiger partial charge >= 0.3 is 5.97 Å². The molecule has 2 heterocycles. The quantitative estimate of drug-likeness (QED) is 0.522. The molecule has 2 fully saturated rings. The molecule has 0 spiro atoms. The number of carbonyl (C=O) groups is 2. The molecule has 0 unspecified atom stereocenters. The average Bonchev–Trinajstić information content (AvgIpc) is 2.41. The zero-order chi connectivity index (χ0) is 13.7. The zero-order valence-corrected chi connectivity index (χ0v) is 10.2. The highest BCUT2D eigenvalue weighted by Gasteiger charge is 2.68. The lowest BCUT2D eigenvalue weighted by Crippen LogP contribution is -2.57. The van der Waals surface area contributed by atoms with Gasteiger partial charge in [-0.05, 0) is 6.92 Å². The molecule has 1 amide bonds. The summed E-state index contributed by atoms with van der Waals surface area (Å²) in [6.07, 6.45) is 1.79. The van der Waals surface area contributed by atoms with E-state index in [0.29, 0.717) is 0 Å². The first kappa shape index (κ1) is 12.6. The van der Waals surface area contributed by atoms with Crippen LogP contribution in [-0.4, -0.2) is 46.5 Å². The SMILES string of the molecule is C[C@]1(/C=C/C#N)[C@H](C(=O)O)N2C(=O)C[C@H]2S1(=O)=O. The third-order valence-corrected chi connectivity index (χ3v) is 6.16. The lowest BCUT2D eigenvalue weighted by atomic mass is 9.96. The van der Waals surface area contributed by atoms with Gasteiger partial charge in [0.2, 0.25) is 5.91 Å². The van der Waals surface area contributed by atoms with Crippen LogP contribution in [0.5, 0.6) is 0 Å². The van der Waals surface area contributed by atoms with Crippen LogP contribution in [0.3, 0.4) is 0 Å². The summed E-state index contributed by atoms with van der Waals surface area (Å²) in [5.41, 5.74) is 0. The number of nitrogens with zero attached hydrogens (tertiary/aromatic N) is 2. The number of carbonyl (C=O) groups excluding carboxylic acids is 1. The van der Waals surface area contributed by atoms with Crippen molar-refractivity contribution in [3.05, 3.63) is 12.2 Å². The summed E-state index contributed by atoms with van der Waals surface area (Å²) < 4.78 is 22.7. The summed E-state index contributed by atoms with van der Waals surface area (Å²) in [6, 6.07) is 0.163. The molecule has 8 heteroatoms. The molecule has 96 valence electrons. The minimum atomic E-state index is -3.84. The summed E-state index contributed by atoms with van der Waals surface area (Å²) >= 11 is 0. The monoisotopic (exact) mass is 270 g/mol. The highest BCUT2D eigenvalue weighted by molar-refractivity contribution is 7.94. The van der Waals surface area contributed by atoms with Crippen molar-refractivity contribution in [2.24, 2.45) is 0 Å². The van der Waals surface area contributed by atoms with E-state index in [-0.39, 0.29) is 6.42 Å². The molecule has 0 aromatic rings. The fourth-order valence-corrected chi connectivity index (χ4v) is 4.72. The van der Waals surface area contributed by atoms with Gasteiger partial charge in [0.05, 0.1) is 12.5 Å². The number of nitriles is 1. The third-order valence-electron chi connectivity index (χ3n) is 3.46. The fourth-order valence-electron chi connectivity index (χ4n) is 2.45. The van der Waals surface area contributed by atoms with E-state index < -0.39 is 37.9 Å². The molecular formula is C10H10N2O5S. The Kier molecular flexibility index (Phi) is 2.48. The average molecular weight is 270 g/mol. The number of hydrogen-bond donors (Lipinski definition) is 1. The number of carboxylic acids is 1. The Hall–Kier alpha value is -1.88. The van der Waals surface area contributed by atoms with Gasteiger partial charge in [0, 0.05) is 6.08 Å². The molecule has 2 saturated heterocycles. The molecule has 2 aliphatic heterocycles. The largest absolute Gasteiger partial charge is 0.480 e. The van der Waals surface area contributed by atoms with E-state index in [0.717, 1.165) is 17.1 Å². The first-order valence-electron chi connectivity index (χ1n) is 5.12. The van der Waals surface area contributed by atoms with Crippen LogP contribution in [0.15, 0.2) is 12.2 Å². The van der Waals surface area contributed by atoms with Gasteiger partial charge in [-0.3, -0.25) is 4.79 Å². The molecule has 0 saturated carbocycles. The molecule has 2 rings (SSSR count). The summed E-state index contributed by atoms with van der Waals surface area (Å²) in [6.45, 7) is 1.22. The zero-order valence-electron chi connectivity index (χ0n) is 9.40. The Balaban J connectivity index is 2.61. The van der Waals surface area contributed by atoms with Crippen LogP contribution in [0.4, 0.5) is 0 Å². The molecule has 0 aliphatic carbocycles. The maximum atomic E-state index is 12.2. The normalized spacial score (nSPS) is 37.1. The molecular weight excluding hydrogens is 260 g/mol. The van der Waals surface area contributed by atoms with Gasteiger partial charge in [-0.2, -0.15) is 5.26 Å². The van der Waals surface area contributed by atoms with Crippen molar-refractivity contribution >= 4 is 21.7 Å². The molecule has 18 heavy (non-hydrogen) atoms. The third kappa shape index (κ3) is 1.25. The van der Waals surface area contributed by atoms with Crippen LogP contribution in [-0.2, 0) is 19.4 Å². The molecule has 0 aromatic carbocycles. The van der Waals surface area contributed by atoms with Crippen LogP contribution >= 0.6 is 0 Å². The Labute approximate surface area is 103 Å². The van der Waals surface area contributed by atoms with Crippen molar-refractivity contribution in [2.75, 3.05) is 0 Å². The summed E-state index contributed by atoms with van der Waals surface area (Å²) in [7, 11) is -3.84. The van der Waals surface area contributed by atoms with Crippen molar-refractivity contribution in [3.63, 3.8) is 0 Å². The van der Waals surface area contributed by atoms with E-state index in [9.17, 15) is 18.0 Å². The van der Waals surface area contributed by atoms with Gasteiger partial charge in [0.15, 0.2) is 15.9 Å². The minimum absolute atomic E-state index is 0.192. The van der Waals surface area contributed by atoms with Crippen molar-refractivity contribution < 1.29 is 23.1 Å². The molecule has 0 bridgehead atoms. The number of aliphatic carboxylic acids is 1. The molecule has 2 aliphatic rings. The highest BCUT2D eigenvalue weighted by Crippen LogP contribution is 2.46. The molecule has 3 atom stereocenters. The smallest absolute Gasteiger partial charge is 0.328 e. The van der Waals surface area contributed by atoms with E-state index in [1.165, 1.54) is 6.92 Å². The van der Waals surface area contributed by atoms with E-state index in [1.54, 1.807) is 6.07 Å². The number of fused-ring (bicyclic) bond motifs is 1. The van der Waals surface area contributed by atoms with E-state index in [2.05, 4.69) is 0 Å². The second kappa shape index (κ2) is 3.55. The number of hydrogen-bond acceptors (Lipinski definition) is 5. The van der Waals surface area contributed by atoms with Crippen LogP contribution < -0.4 is 0 Å². The number of β-lactam (4-membered cyclic amide) rings is 1. The van der Waals surface area contributed by atoms with Gasteiger partial charge in [0.25, 0.3) is 0 Å². The van der Waals surface area contributed by atoms with Crippen molar-refractivity contribution in [1.29, 1.82) is 5.26 Å². The Bertz CT molecular complexity index is 602. The summed E-state index contributed by atoms with van der Waals surface area (Å²) in [5, 5.41) is 16.5. The Morgan fingerprint density at radius 2 is 2.28 bits per heavy atom. The van der Waals surface area contributed by atoms with Gasteiger partial charge in [-0.25, -0.2) is 13.2 Å². The topological polar surface area (TPSA) is 116 Å². The van der Waals surface area contributed by atoms with Gasteiger partial charge < -0.3 is 10.0 Å². The van der Waals surface area contributed by atoms with E-state index in [4.69, 9.17) is 10.4 Å². The lowest BCUT2D eigenvalue weighted by Gasteiger charge is -2.35. The number of allylic oxidation sites excluding steroid dienone is 1. The standard InChI is InChI=1S/C10H10N2O5S/c1-10(3-2-4-11)8(9(14)15)12-6(13)5-7(12)18(10,16)17/h2-3,7-8H,5H2,1H3,(H,14,15)/b3-2+/t7-,8+,10+/m1/s1. The van der Waals surface area contributed by atoms with Gasteiger partial charge in [-0.15, -0.1) is 0 Å². The fraction of sp³-hybridized carbons (Fsp3) is 0.500. The van der Waals surface area contributed by atoms with Gasteiger partial charge in [-0.1, -0.05) is 6.08 Å². The lowest BCUT2D eigenvalue weighted by molar-refractivity contribution is -0.157. The summed E-state index contributed by atoms with van der Waals surface area (Å²) in [4.78, 5) is 23.5. The molecule has 1 N–H and O–H groups in total. The second-order valence-electron chi connectivity index (χ2n) is 4.39. The predicted molar refractivity (Wildman–Crippen MR) is 58.8 cm³/mol. The first-order chi connectivity index (χ1) is 8.27. The van der Waals surface area contributed by atoms with Crippen molar-refractivity contribution in [1.82, 2.24) is 4.90 Å². The van der Waals surface area contributed by atoms with Gasteiger partial charge in [0.1, 0.15) is 10.1 Å². The maximum absolute atomic E-state index is 12.2. The number of sulfone groups is 1. The number of rotatable bonds is 2. The molecule has 0 aromatic heterocycles. The van der Waals surface area contributed by atoms with E-state index >= 15 is 0 Å². The molecule has 0 radical (unpaired) electrons. The van der Waals surface area contributed by atoms with Crippen LogP contribution in [0.1, 0.15) is 13.3 Å².